The van der Waals surface area contributed by atoms with Crippen LogP contribution >= 0.6 is 0 Å². The Kier molecular flexibility index (Phi) is 7.28. The fourth-order valence-electron chi connectivity index (χ4n) is 4.13. The predicted molar refractivity (Wildman–Crippen MR) is 142 cm³/mol. The number of nitrogens with one attached hydrogen (secondary N) is 2. The van der Waals surface area contributed by atoms with E-state index in [0.29, 0.717) is 24.0 Å². The zero-order valence-electron chi connectivity index (χ0n) is 21.7. The number of benzene rings is 2. The van der Waals surface area contributed by atoms with Crippen LogP contribution in [-0.4, -0.2) is 36.6 Å². The van der Waals surface area contributed by atoms with Gasteiger partial charge in [0.25, 0.3) is 11.5 Å². The van der Waals surface area contributed by atoms with Crippen molar-refractivity contribution in [3.63, 3.8) is 0 Å². The van der Waals surface area contributed by atoms with E-state index in [2.05, 4.69) is 15.7 Å². The molecule has 194 valence electrons. The normalized spacial score (nSPS) is 11.5. The zero-order chi connectivity index (χ0) is 26.9. The van der Waals surface area contributed by atoms with Gasteiger partial charge in [-0.05, 0) is 50.5 Å². The lowest BCUT2D eigenvalue weighted by molar-refractivity contribution is -0.122. The molecule has 37 heavy (non-hydrogen) atoms. The Morgan fingerprint density at radius 1 is 1.00 bits per heavy atom. The Hall–Kier alpha value is -4.21. The third-order valence-electron chi connectivity index (χ3n) is 5.91. The molecule has 10 nitrogen and oxygen atoms in total. The minimum absolute atomic E-state index is 0.0776. The van der Waals surface area contributed by atoms with Gasteiger partial charge in [0.1, 0.15) is 6.54 Å². The molecule has 10 heteroatoms. The maximum Gasteiger partial charge on any atom is 0.352 e. The van der Waals surface area contributed by atoms with Crippen molar-refractivity contribution in [3.8, 4) is 0 Å². The van der Waals surface area contributed by atoms with Gasteiger partial charge in [-0.15, -0.1) is 5.10 Å². The van der Waals surface area contributed by atoms with E-state index in [0.717, 1.165) is 15.8 Å². The summed E-state index contributed by atoms with van der Waals surface area (Å²) in [5.41, 5.74) is 1.77. The first kappa shape index (κ1) is 25.9. The summed E-state index contributed by atoms with van der Waals surface area (Å²) >= 11 is 0. The highest BCUT2D eigenvalue weighted by Crippen LogP contribution is 2.15. The van der Waals surface area contributed by atoms with E-state index in [4.69, 9.17) is 0 Å². The topological polar surface area (TPSA) is 120 Å². The molecule has 0 spiro atoms. The van der Waals surface area contributed by atoms with Crippen molar-refractivity contribution >= 4 is 28.5 Å². The molecular formula is C27H32N6O4. The molecule has 0 unspecified atom stereocenters. The fourth-order valence-corrected chi connectivity index (χ4v) is 4.13. The van der Waals surface area contributed by atoms with Crippen LogP contribution in [0.5, 0.6) is 0 Å². The third kappa shape index (κ3) is 5.47. The van der Waals surface area contributed by atoms with Crippen molar-refractivity contribution in [1.82, 2.24) is 29.4 Å². The van der Waals surface area contributed by atoms with Crippen molar-refractivity contribution in [2.75, 3.05) is 0 Å². The van der Waals surface area contributed by atoms with E-state index in [9.17, 15) is 19.2 Å². The van der Waals surface area contributed by atoms with Gasteiger partial charge in [-0.1, -0.05) is 43.7 Å². The minimum Gasteiger partial charge on any atom is -0.350 e. The highest BCUT2D eigenvalue weighted by Gasteiger charge is 2.20. The Morgan fingerprint density at radius 2 is 1.70 bits per heavy atom. The van der Waals surface area contributed by atoms with E-state index < -0.39 is 5.69 Å². The largest absolute Gasteiger partial charge is 0.352 e. The molecule has 0 aliphatic heterocycles. The summed E-state index contributed by atoms with van der Waals surface area (Å²) in [7, 11) is 0. The summed E-state index contributed by atoms with van der Waals surface area (Å²) in [6.07, 6.45) is 0. The molecule has 2 heterocycles. The molecule has 0 saturated carbocycles. The van der Waals surface area contributed by atoms with E-state index in [-0.39, 0.29) is 47.2 Å². The summed E-state index contributed by atoms with van der Waals surface area (Å²) < 4.78 is 3.80. The first-order chi connectivity index (χ1) is 17.5. The summed E-state index contributed by atoms with van der Waals surface area (Å²) in [4.78, 5) is 52.1. The van der Waals surface area contributed by atoms with Crippen LogP contribution in [0.4, 0.5) is 0 Å². The van der Waals surface area contributed by atoms with Gasteiger partial charge in [-0.2, -0.15) is 0 Å². The van der Waals surface area contributed by atoms with Crippen LogP contribution in [0.2, 0.25) is 0 Å². The average Bonchev–Trinajstić information content (AvgIpc) is 3.16. The van der Waals surface area contributed by atoms with Gasteiger partial charge in [-0.3, -0.25) is 19.0 Å². The second-order valence-electron chi connectivity index (χ2n) is 10.0. The van der Waals surface area contributed by atoms with Crippen LogP contribution in [0.1, 0.15) is 49.2 Å². The molecule has 0 fully saturated rings. The van der Waals surface area contributed by atoms with Gasteiger partial charge in [-0.25, -0.2) is 13.9 Å². The summed E-state index contributed by atoms with van der Waals surface area (Å²) in [6, 6.07) is 12.3. The first-order valence-electron chi connectivity index (χ1n) is 12.3. The molecular weight excluding hydrogens is 472 g/mol. The maximum atomic E-state index is 13.5. The molecule has 4 rings (SSSR count). The molecule has 0 bridgehead atoms. The number of carbonyl (C=O) groups excluding carboxylic acids is 2. The minimum atomic E-state index is -0.565. The highest BCUT2D eigenvalue weighted by atomic mass is 16.2. The van der Waals surface area contributed by atoms with Crippen LogP contribution in [0.25, 0.3) is 16.7 Å². The highest BCUT2D eigenvalue weighted by molar-refractivity contribution is 5.98. The molecule has 0 aliphatic carbocycles. The Labute approximate surface area is 213 Å². The number of aromatic nitrogens is 4. The van der Waals surface area contributed by atoms with Crippen molar-refractivity contribution in [1.29, 1.82) is 0 Å². The number of aryl methyl sites for hydroxylation is 1. The van der Waals surface area contributed by atoms with E-state index in [1.54, 1.807) is 12.1 Å². The van der Waals surface area contributed by atoms with Crippen LogP contribution in [0, 0.1) is 12.8 Å². The molecule has 2 amide bonds. The maximum absolute atomic E-state index is 13.5. The lowest BCUT2D eigenvalue weighted by Crippen LogP contribution is -2.33. The van der Waals surface area contributed by atoms with E-state index in [1.807, 2.05) is 58.9 Å². The van der Waals surface area contributed by atoms with Crippen LogP contribution in [0.3, 0.4) is 0 Å². The molecule has 0 saturated heterocycles. The monoisotopic (exact) mass is 504 g/mol. The second kappa shape index (κ2) is 10.4. The molecule has 2 aromatic carbocycles. The van der Waals surface area contributed by atoms with E-state index in [1.165, 1.54) is 15.0 Å². The average molecular weight is 505 g/mol. The van der Waals surface area contributed by atoms with Crippen LogP contribution in [0.15, 0.2) is 52.1 Å². The molecule has 2 N–H and O–H groups in total. The van der Waals surface area contributed by atoms with Gasteiger partial charge in [0.05, 0.1) is 10.9 Å². The van der Waals surface area contributed by atoms with Crippen molar-refractivity contribution in [2.45, 2.75) is 60.3 Å². The number of hydrogen-bond donors (Lipinski definition) is 2. The number of carbonyl (C=O) groups is 2. The second-order valence-corrected chi connectivity index (χ2v) is 10.0. The summed E-state index contributed by atoms with van der Waals surface area (Å²) in [5.74, 6) is -0.463. The zero-order valence-corrected chi connectivity index (χ0v) is 21.7. The van der Waals surface area contributed by atoms with Gasteiger partial charge in [0.2, 0.25) is 11.7 Å². The number of rotatable bonds is 8. The van der Waals surface area contributed by atoms with Crippen molar-refractivity contribution in [3.05, 3.63) is 80.0 Å². The SMILES string of the molecule is Cc1ccc(CNC(=O)Cn2nc3n(CC(C)C)c(=O)c4ccc(C(=O)NC(C)C)cc4n3c2=O)cc1. The van der Waals surface area contributed by atoms with Crippen molar-refractivity contribution in [2.24, 2.45) is 5.92 Å². The lowest BCUT2D eigenvalue weighted by atomic mass is 10.1. The van der Waals surface area contributed by atoms with Gasteiger partial charge >= 0.3 is 5.69 Å². The molecule has 0 radical (unpaired) electrons. The molecule has 0 aliphatic rings. The Bertz CT molecular complexity index is 1590. The molecule has 4 aromatic rings. The van der Waals surface area contributed by atoms with Crippen molar-refractivity contribution < 1.29 is 9.59 Å². The third-order valence-corrected chi connectivity index (χ3v) is 5.91. The van der Waals surface area contributed by atoms with Gasteiger partial charge < -0.3 is 10.6 Å². The van der Waals surface area contributed by atoms with E-state index >= 15 is 0 Å². The molecule has 0 atom stereocenters. The first-order valence-corrected chi connectivity index (χ1v) is 12.3. The van der Waals surface area contributed by atoms with Crippen LogP contribution < -0.4 is 21.9 Å². The Balaban J connectivity index is 1.77. The number of fused-ring (bicyclic) bond motifs is 3. The number of hydrogen-bond acceptors (Lipinski definition) is 5. The van der Waals surface area contributed by atoms with Gasteiger partial charge in [0, 0.05) is 24.7 Å². The fraction of sp³-hybridized carbons (Fsp3) is 0.370. The summed E-state index contributed by atoms with van der Waals surface area (Å²) in [6.45, 7) is 9.94. The van der Waals surface area contributed by atoms with Gasteiger partial charge in [0.15, 0.2) is 0 Å². The lowest BCUT2D eigenvalue weighted by Gasteiger charge is -2.13. The number of nitrogens with zero attached hydrogens (tertiary/aromatic N) is 4. The molecule has 2 aromatic heterocycles. The standard InChI is InChI=1S/C27H32N6O4/c1-16(2)14-31-25(36)21-11-10-20(24(35)29-17(3)4)12-22(21)33-26(31)30-32(27(33)37)15-23(34)28-13-19-8-6-18(5)7-9-19/h6-12,16-17H,13-15H2,1-5H3,(H,28,34)(H,29,35). The van der Waals surface area contributed by atoms with Crippen LogP contribution in [-0.2, 0) is 24.4 Å². The predicted octanol–water partition coefficient (Wildman–Crippen LogP) is 2.23. The quantitative estimate of drug-likeness (QED) is 0.381. The number of amides is 2. The smallest absolute Gasteiger partial charge is 0.350 e. The summed E-state index contributed by atoms with van der Waals surface area (Å²) in [5, 5.41) is 10.3. The Morgan fingerprint density at radius 3 is 2.35 bits per heavy atom.